The molecule has 2 aromatic heterocycles. The van der Waals surface area contributed by atoms with Crippen LogP contribution in [-0.4, -0.2) is 17.1 Å². The number of fused-ring (bicyclic) bond motifs is 1. The molecule has 21 heavy (non-hydrogen) atoms. The van der Waals surface area contributed by atoms with Crippen LogP contribution in [0.15, 0.2) is 30.3 Å². The molecule has 1 aromatic carbocycles. The standard InChI is InChI=1S/C16H15ClN2OS/c1-9-10(2)21-16-12(9)14(17)18-15(19-16)13(20-3)11-7-5-4-6-8-11/h4-8,13H,1-3H3. The first kappa shape index (κ1) is 14.4. The van der Waals surface area contributed by atoms with Gasteiger partial charge in [-0.05, 0) is 25.0 Å². The molecule has 3 aromatic rings. The third kappa shape index (κ3) is 2.55. The van der Waals surface area contributed by atoms with Crippen LogP contribution in [0.2, 0.25) is 5.15 Å². The summed E-state index contributed by atoms with van der Waals surface area (Å²) in [6, 6.07) is 9.92. The molecular formula is C16H15ClN2OS. The van der Waals surface area contributed by atoms with Gasteiger partial charge in [-0.3, -0.25) is 0 Å². The van der Waals surface area contributed by atoms with Crippen molar-refractivity contribution >= 4 is 33.2 Å². The van der Waals surface area contributed by atoms with E-state index in [0.29, 0.717) is 11.0 Å². The Morgan fingerprint density at radius 1 is 1.14 bits per heavy atom. The Kier molecular flexibility index (Phi) is 3.93. The lowest BCUT2D eigenvalue weighted by Crippen LogP contribution is -2.08. The van der Waals surface area contributed by atoms with Gasteiger partial charge in [0.1, 0.15) is 16.1 Å². The number of benzene rings is 1. The van der Waals surface area contributed by atoms with Crippen LogP contribution in [0.3, 0.4) is 0 Å². The number of rotatable bonds is 3. The Morgan fingerprint density at radius 3 is 2.52 bits per heavy atom. The van der Waals surface area contributed by atoms with E-state index in [1.807, 2.05) is 37.3 Å². The van der Waals surface area contributed by atoms with Crippen LogP contribution in [0.25, 0.3) is 10.2 Å². The minimum atomic E-state index is -0.309. The molecule has 1 unspecified atom stereocenters. The minimum Gasteiger partial charge on any atom is -0.369 e. The summed E-state index contributed by atoms with van der Waals surface area (Å²) in [4.78, 5) is 11.3. The van der Waals surface area contributed by atoms with Gasteiger partial charge in [-0.15, -0.1) is 11.3 Å². The Labute approximate surface area is 132 Å². The van der Waals surface area contributed by atoms with E-state index in [2.05, 4.69) is 16.9 Å². The number of ether oxygens (including phenoxy) is 1. The predicted octanol–water partition coefficient (Wildman–Crippen LogP) is 4.70. The SMILES string of the molecule is COC(c1ccccc1)c1nc(Cl)c2c(C)c(C)sc2n1. The molecule has 108 valence electrons. The van der Waals surface area contributed by atoms with Gasteiger partial charge in [0.15, 0.2) is 5.82 Å². The Balaban J connectivity index is 2.16. The Morgan fingerprint density at radius 2 is 1.86 bits per heavy atom. The average Bonchev–Trinajstić information content (AvgIpc) is 2.76. The van der Waals surface area contributed by atoms with Crippen molar-refractivity contribution in [3.8, 4) is 0 Å². The first-order valence-electron chi connectivity index (χ1n) is 6.62. The van der Waals surface area contributed by atoms with E-state index < -0.39 is 0 Å². The van der Waals surface area contributed by atoms with Crippen molar-refractivity contribution in [1.29, 1.82) is 0 Å². The van der Waals surface area contributed by atoms with E-state index in [4.69, 9.17) is 16.3 Å². The zero-order valence-electron chi connectivity index (χ0n) is 12.1. The normalized spacial score (nSPS) is 12.8. The summed E-state index contributed by atoms with van der Waals surface area (Å²) in [6.45, 7) is 4.12. The lowest BCUT2D eigenvalue weighted by Gasteiger charge is -2.14. The molecule has 0 amide bonds. The molecule has 1 atom stereocenters. The molecule has 0 aliphatic rings. The second-order valence-corrected chi connectivity index (χ2v) is 6.42. The van der Waals surface area contributed by atoms with Crippen molar-refractivity contribution in [2.45, 2.75) is 20.0 Å². The summed E-state index contributed by atoms with van der Waals surface area (Å²) in [7, 11) is 1.66. The number of aromatic nitrogens is 2. The molecule has 0 bridgehead atoms. The monoisotopic (exact) mass is 318 g/mol. The molecule has 3 rings (SSSR count). The average molecular weight is 319 g/mol. The zero-order valence-corrected chi connectivity index (χ0v) is 13.6. The molecule has 0 spiro atoms. The highest BCUT2D eigenvalue weighted by Gasteiger charge is 2.20. The maximum absolute atomic E-state index is 6.37. The maximum atomic E-state index is 6.37. The topological polar surface area (TPSA) is 35.0 Å². The van der Waals surface area contributed by atoms with Crippen molar-refractivity contribution in [2.24, 2.45) is 0 Å². The summed E-state index contributed by atoms with van der Waals surface area (Å²) in [5.41, 5.74) is 2.17. The van der Waals surface area contributed by atoms with Gasteiger partial charge in [-0.1, -0.05) is 41.9 Å². The highest BCUT2D eigenvalue weighted by Crippen LogP contribution is 2.35. The van der Waals surface area contributed by atoms with Crippen LogP contribution in [-0.2, 0) is 4.74 Å². The third-order valence-electron chi connectivity index (χ3n) is 3.57. The summed E-state index contributed by atoms with van der Waals surface area (Å²) >= 11 is 8.01. The van der Waals surface area contributed by atoms with Gasteiger partial charge in [0.25, 0.3) is 0 Å². The lowest BCUT2D eigenvalue weighted by molar-refractivity contribution is 0.129. The van der Waals surface area contributed by atoms with E-state index in [1.165, 1.54) is 4.88 Å². The second kappa shape index (κ2) is 5.72. The maximum Gasteiger partial charge on any atom is 0.165 e. The van der Waals surface area contributed by atoms with Crippen LogP contribution in [0, 0.1) is 13.8 Å². The van der Waals surface area contributed by atoms with Crippen LogP contribution in [0.4, 0.5) is 0 Å². The van der Waals surface area contributed by atoms with Crippen LogP contribution >= 0.6 is 22.9 Å². The highest BCUT2D eigenvalue weighted by atomic mass is 35.5. The summed E-state index contributed by atoms with van der Waals surface area (Å²) in [6.07, 6.45) is -0.309. The fourth-order valence-corrected chi connectivity index (χ4v) is 3.76. The fourth-order valence-electron chi connectivity index (χ4n) is 2.35. The van der Waals surface area contributed by atoms with Gasteiger partial charge < -0.3 is 4.74 Å². The largest absolute Gasteiger partial charge is 0.369 e. The molecular weight excluding hydrogens is 304 g/mol. The summed E-state index contributed by atoms with van der Waals surface area (Å²) < 4.78 is 5.58. The third-order valence-corrected chi connectivity index (χ3v) is 4.95. The molecule has 5 heteroatoms. The quantitative estimate of drug-likeness (QED) is 0.657. The predicted molar refractivity (Wildman–Crippen MR) is 87.2 cm³/mol. The van der Waals surface area contributed by atoms with Crippen molar-refractivity contribution in [2.75, 3.05) is 7.11 Å². The molecule has 0 saturated heterocycles. The zero-order chi connectivity index (χ0) is 15.0. The lowest BCUT2D eigenvalue weighted by atomic mass is 10.1. The number of halogens is 1. The summed E-state index contributed by atoms with van der Waals surface area (Å²) in [5, 5.41) is 1.45. The smallest absolute Gasteiger partial charge is 0.165 e. The first-order chi connectivity index (χ1) is 10.1. The second-order valence-electron chi connectivity index (χ2n) is 4.86. The van der Waals surface area contributed by atoms with Gasteiger partial charge >= 0.3 is 0 Å². The Bertz CT molecular complexity index is 786. The van der Waals surface area contributed by atoms with Gasteiger partial charge in [-0.2, -0.15) is 0 Å². The Hall–Kier alpha value is -1.49. The van der Waals surface area contributed by atoms with Crippen molar-refractivity contribution in [3.63, 3.8) is 0 Å². The van der Waals surface area contributed by atoms with Gasteiger partial charge in [0.2, 0.25) is 0 Å². The van der Waals surface area contributed by atoms with Crippen molar-refractivity contribution in [1.82, 2.24) is 9.97 Å². The van der Waals surface area contributed by atoms with Gasteiger partial charge in [0, 0.05) is 12.0 Å². The van der Waals surface area contributed by atoms with E-state index in [1.54, 1.807) is 18.4 Å². The van der Waals surface area contributed by atoms with Crippen molar-refractivity contribution < 1.29 is 4.74 Å². The van der Waals surface area contributed by atoms with Crippen LogP contribution in [0.5, 0.6) is 0 Å². The molecule has 2 heterocycles. The van der Waals surface area contributed by atoms with Crippen LogP contribution < -0.4 is 0 Å². The summed E-state index contributed by atoms with van der Waals surface area (Å²) in [5.74, 6) is 0.599. The first-order valence-corrected chi connectivity index (χ1v) is 7.82. The molecule has 0 aliphatic heterocycles. The van der Waals surface area contributed by atoms with E-state index in [9.17, 15) is 0 Å². The number of aryl methyl sites for hydroxylation is 2. The van der Waals surface area contributed by atoms with E-state index in [0.717, 1.165) is 21.3 Å². The van der Waals surface area contributed by atoms with E-state index >= 15 is 0 Å². The minimum absolute atomic E-state index is 0.309. The molecule has 0 N–H and O–H groups in total. The van der Waals surface area contributed by atoms with Gasteiger partial charge in [0.05, 0.1) is 5.39 Å². The molecule has 0 radical (unpaired) electrons. The van der Waals surface area contributed by atoms with Crippen molar-refractivity contribution in [3.05, 3.63) is 57.3 Å². The number of thiophene rings is 1. The van der Waals surface area contributed by atoms with E-state index in [-0.39, 0.29) is 6.10 Å². The van der Waals surface area contributed by atoms with Crippen LogP contribution in [0.1, 0.15) is 27.9 Å². The number of nitrogens with zero attached hydrogens (tertiary/aromatic N) is 2. The van der Waals surface area contributed by atoms with Gasteiger partial charge in [-0.25, -0.2) is 9.97 Å². The molecule has 0 saturated carbocycles. The molecule has 0 fully saturated rings. The molecule has 3 nitrogen and oxygen atoms in total. The number of hydrogen-bond acceptors (Lipinski definition) is 4. The highest BCUT2D eigenvalue weighted by molar-refractivity contribution is 7.18. The fraction of sp³-hybridized carbons (Fsp3) is 0.250. The number of hydrogen-bond donors (Lipinski definition) is 0. The molecule has 0 aliphatic carbocycles. The number of methoxy groups -OCH3 is 1.